The number of anilines is 1. The Hall–Kier alpha value is -0.800. The van der Waals surface area contributed by atoms with E-state index in [1.807, 2.05) is 11.4 Å². The van der Waals surface area contributed by atoms with Gasteiger partial charge in [0, 0.05) is 12.1 Å². The largest absolute Gasteiger partial charge is 0.354 e. The lowest BCUT2D eigenvalue weighted by Crippen LogP contribution is -1.97. The van der Waals surface area contributed by atoms with Crippen molar-refractivity contribution in [3.8, 4) is 0 Å². The van der Waals surface area contributed by atoms with E-state index in [0.717, 1.165) is 10.6 Å². The zero-order valence-electron chi connectivity index (χ0n) is 5.63. The van der Waals surface area contributed by atoms with Crippen LogP contribution in [-0.4, -0.2) is 0 Å². The second-order valence-corrected chi connectivity index (χ2v) is 2.74. The van der Waals surface area contributed by atoms with Crippen LogP contribution in [-0.2, 0) is 6.54 Å². The van der Waals surface area contributed by atoms with Gasteiger partial charge in [0.05, 0.1) is 5.00 Å². The van der Waals surface area contributed by atoms with Gasteiger partial charge in [0.15, 0.2) is 0 Å². The molecule has 0 unspecified atom stereocenters. The summed E-state index contributed by atoms with van der Waals surface area (Å²) in [5, 5.41) is 6.11. The summed E-state index contributed by atoms with van der Waals surface area (Å²) in [5.41, 5.74) is 6.60. The maximum absolute atomic E-state index is 5.46. The molecule has 3 N–H and O–H groups in total. The molecule has 0 saturated carbocycles. The van der Waals surface area contributed by atoms with E-state index in [4.69, 9.17) is 5.73 Å². The average molecular weight is 154 g/mol. The van der Waals surface area contributed by atoms with E-state index >= 15 is 0 Å². The topological polar surface area (TPSA) is 38.0 Å². The summed E-state index contributed by atoms with van der Waals surface area (Å²) in [5.74, 6) is 0. The Morgan fingerprint density at radius 2 is 2.60 bits per heavy atom. The molecule has 0 amide bonds. The number of rotatable bonds is 3. The van der Waals surface area contributed by atoms with Crippen molar-refractivity contribution >= 4 is 16.3 Å². The predicted molar refractivity (Wildman–Crippen MR) is 46.0 cm³/mol. The maximum atomic E-state index is 5.46. The van der Waals surface area contributed by atoms with Crippen LogP contribution in [0.25, 0.3) is 0 Å². The lowest BCUT2D eigenvalue weighted by molar-refractivity contribution is 1.08. The van der Waals surface area contributed by atoms with Gasteiger partial charge in [-0.2, -0.15) is 0 Å². The van der Waals surface area contributed by atoms with Gasteiger partial charge < -0.3 is 11.1 Å². The van der Waals surface area contributed by atoms with Crippen LogP contribution in [0.2, 0.25) is 0 Å². The highest BCUT2D eigenvalue weighted by molar-refractivity contribution is 7.14. The molecule has 1 aromatic heterocycles. The van der Waals surface area contributed by atoms with Crippen LogP contribution in [0.3, 0.4) is 0 Å². The van der Waals surface area contributed by atoms with E-state index < -0.39 is 0 Å². The Balaban J connectivity index is 2.79. The minimum Gasteiger partial charge on any atom is -0.354 e. The molecule has 1 heterocycles. The van der Waals surface area contributed by atoms with Crippen molar-refractivity contribution < 1.29 is 0 Å². The number of thiophene rings is 1. The molecule has 0 atom stereocenters. The van der Waals surface area contributed by atoms with E-state index in [9.17, 15) is 0 Å². The summed E-state index contributed by atoms with van der Waals surface area (Å²) in [7, 11) is 0. The lowest BCUT2D eigenvalue weighted by atomic mass is 10.3. The van der Waals surface area contributed by atoms with Gasteiger partial charge in [-0.15, -0.1) is 11.3 Å². The Labute approximate surface area is 64.4 Å². The van der Waals surface area contributed by atoms with Crippen LogP contribution in [0.5, 0.6) is 0 Å². The monoisotopic (exact) mass is 154 g/mol. The molecule has 0 spiro atoms. The molecular weight excluding hydrogens is 144 g/mol. The first kappa shape index (κ1) is 7.31. The summed E-state index contributed by atoms with van der Waals surface area (Å²) in [6.45, 7) is 4.15. The van der Waals surface area contributed by atoms with Crippen LogP contribution in [0.15, 0.2) is 24.2 Å². The van der Waals surface area contributed by atoms with Gasteiger partial charge in [-0.1, -0.05) is 6.58 Å². The second kappa shape index (κ2) is 3.39. The third kappa shape index (κ3) is 1.37. The zero-order chi connectivity index (χ0) is 7.40. The third-order valence-corrected chi connectivity index (χ3v) is 2.09. The van der Waals surface area contributed by atoms with Crippen molar-refractivity contribution in [2.24, 2.45) is 5.73 Å². The van der Waals surface area contributed by atoms with Gasteiger partial charge in [0.1, 0.15) is 0 Å². The Morgan fingerprint density at radius 1 is 1.80 bits per heavy atom. The molecule has 0 aliphatic rings. The van der Waals surface area contributed by atoms with E-state index in [0.29, 0.717) is 6.54 Å². The quantitative estimate of drug-likeness (QED) is 0.696. The van der Waals surface area contributed by atoms with E-state index in [1.165, 1.54) is 0 Å². The fraction of sp³-hybridized carbons (Fsp3) is 0.143. The minimum absolute atomic E-state index is 0.583. The first-order valence-electron chi connectivity index (χ1n) is 3.02. The van der Waals surface area contributed by atoms with Crippen LogP contribution < -0.4 is 11.1 Å². The van der Waals surface area contributed by atoms with Crippen molar-refractivity contribution in [2.75, 3.05) is 5.32 Å². The molecule has 1 rings (SSSR count). The standard InChI is InChI=1S/C7H10N2S/c1-2-9-7-6(5-8)3-4-10-7/h2-4,9H,1,5,8H2. The lowest BCUT2D eigenvalue weighted by Gasteiger charge is -1.97. The molecular formula is C7H10N2S. The molecule has 0 saturated heterocycles. The summed E-state index contributed by atoms with van der Waals surface area (Å²) in [4.78, 5) is 0. The Bertz CT molecular complexity index is 217. The SMILES string of the molecule is C=CNc1sccc1CN. The number of nitrogens with two attached hydrogens (primary N) is 1. The highest BCUT2D eigenvalue weighted by Crippen LogP contribution is 2.21. The molecule has 0 aliphatic heterocycles. The van der Waals surface area contributed by atoms with Gasteiger partial charge in [-0.25, -0.2) is 0 Å². The number of nitrogens with one attached hydrogen (secondary N) is 1. The van der Waals surface area contributed by atoms with Gasteiger partial charge in [0.2, 0.25) is 0 Å². The molecule has 0 fully saturated rings. The minimum atomic E-state index is 0.583. The van der Waals surface area contributed by atoms with E-state index in [2.05, 4.69) is 11.9 Å². The van der Waals surface area contributed by atoms with Gasteiger partial charge in [0.25, 0.3) is 0 Å². The molecule has 3 heteroatoms. The summed E-state index contributed by atoms with van der Waals surface area (Å²) in [6, 6.07) is 2.01. The summed E-state index contributed by atoms with van der Waals surface area (Å²) in [6.07, 6.45) is 1.66. The van der Waals surface area contributed by atoms with Crippen molar-refractivity contribution in [3.63, 3.8) is 0 Å². The van der Waals surface area contributed by atoms with Crippen LogP contribution >= 0.6 is 11.3 Å². The summed E-state index contributed by atoms with van der Waals surface area (Å²) >= 11 is 1.64. The normalized spacial score (nSPS) is 9.30. The number of hydrogen-bond donors (Lipinski definition) is 2. The molecule has 0 bridgehead atoms. The first-order valence-corrected chi connectivity index (χ1v) is 3.90. The zero-order valence-corrected chi connectivity index (χ0v) is 6.45. The predicted octanol–water partition coefficient (Wildman–Crippen LogP) is 1.76. The third-order valence-electron chi connectivity index (χ3n) is 1.20. The second-order valence-electron chi connectivity index (χ2n) is 1.83. The molecule has 10 heavy (non-hydrogen) atoms. The highest BCUT2D eigenvalue weighted by atomic mass is 32.1. The number of hydrogen-bond acceptors (Lipinski definition) is 3. The first-order chi connectivity index (χ1) is 4.88. The highest BCUT2D eigenvalue weighted by Gasteiger charge is 1.97. The van der Waals surface area contributed by atoms with Crippen molar-refractivity contribution in [2.45, 2.75) is 6.54 Å². The fourth-order valence-electron chi connectivity index (χ4n) is 0.716. The van der Waals surface area contributed by atoms with Crippen LogP contribution in [0.1, 0.15) is 5.56 Å². The van der Waals surface area contributed by atoms with Crippen LogP contribution in [0.4, 0.5) is 5.00 Å². The van der Waals surface area contributed by atoms with Gasteiger partial charge in [-0.05, 0) is 17.6 Å². The van der Waals surface area contributed by atoms with E-state index in [-0.39, 0.29) is 0 Å². The Kier molecular flexibility index (Phi) is 2.48. The van der Waals surface area contributed by atoms with Crippen molar-refractivity contribution in [1.82, 2.24) is 0 Å². The Morgan fingerprint density at radius 3 is 3.20 bits per heavy atom. The molecule has 0 radical (unpaired) electrons. The van der Waals surface area contributed by atoms with Crippen LogP contribution in [0, 0.1) is 0 Å². The average Bonchev–Trinajstić information content (AvgIpc) is 2.36. The maximum Gasteiger partial charge on any atom is 0.0967 e. The van der Waals surface area contributed by atoms with Gasteiger partial charge in [-0.3, -0.25) is 0 Å². The molecule has 0 aromatic carbocycles. The molecule has 2 nitrogen and oxygen atoms in total. The van der Waals surface area contributed by atoms with E-state index in [1.54, 1.807) is 17.5 Å². The fourth-order valence-corrected chi connectivity index (χ4v) is 1.54. The van der Waals surface area contributed by atoms with Crippen molar-refractivity contribution in [3.05, 3.63) is 29.8 Å². The molecule has 0 aliphatic carbocycles. The summed E-state index contributed by atoms with van der Waals surface area (Å²) < 4.78 is 0. The smallest absolute Gasteiger partial charge is 0.0967 e. The van der Waals surface area contributed by atoms with Gasteiger partial charge >= 0.3 is 0 Å². The molecule has 1 aromatic rings. The molecule has 54 valence electrons. The van der Waals surface area contributed by atoms with Crippen molar-refractivity contribution in [1.29, 1.82) is 0 Å².